The first kappa shape index (κ1) is 14.1. The van der Waals surface area contributed by atoms with Crippen LogP contribution in [0.5, 0.6) is 0 Å². The molecule has 2 aliphatic heterocycles. The van der Waals surface area contributed by atoms with Gasteiger partial charge in [0.1, 0.15) is 5.76 Å². The second-order valence-electron chi connectivity index (χ2n) is 6.43. The fourth-order valence-electron chi connectivity index (χ4n) is 3.90. The van der Waals surface area contributed by atoms with E-state index in [2.05, 4.69) is 28.2 Å². The standard InChI is InChI=1S/C16H27N3O/c1-17-9-13-8-15(20-12-13)11-19-7-5-16-14(10-19)4-3-6-18(16)2/h8,12,14,16-17H,3-7,9-11H2,1-2H3. The number of furan rings is 1. The molecule has 0 amide bonds. The summed E-state index contributed by atoms with van der Waals surface area (Å²) in [7, 11) is 4.26. The van der Waals surface area contributed by atoms with Crippen molar-refractivity contribution in [3.8, 4) is 0 Å². The number of hydrogen-bond acceptors (Lipinski definition) is 4. The number of nitrogens with zero attached hydrogens (tertiary/aromatic N) is 2. The van der Waals surface area contributed by atoms with Crippen LogP contribution in [0, 0.1) is 5.92 Å². The lowest BCUT2D eigenvalue weighted by atomic mass is 9.84. The summed E-state index contributed by atoms with van der Waals surface area (Å²) < 4.78 is 5.69. The number of piperidine rings is 2. The molecule has 1 aromatic heterocycles. The van der Waals surface area contributed by atoms with Crippen LogP contribution in [-0.4, -0.2) is 49.6 Å². The molecule has 3 heterocycles. The lowest BCUT2D eigenvalue weighted by Crippen LogP contribution is -2.52. The number of hydrogen-bond donors (Lipinski definition) is 1. The molecule has 0 bridgehead atoms. The van der Waals surface area contributed by atoms with Gasteiger partial charge in [0.25, 0.3) is 0 Å². The summed E-state index contributed by atoms with van der Waals surface area (Å²) in [6.07, 6.45) is 5.95. The monoisotopic (exact) mass is 277 g/mol. The molecule has 4 nitrogen and oxygen atoms in total. The van der Waals surface area contributed by atoms with E-state index in [-0.39, 0.29) is 0 Å². The van der Waals surface area contributed by atoms with Crippen LogP contribution in [-0.2, 0) is 13.1 Å². The van der Waals surface area contributed by atoms with E-state index in [9.17, 15) is 0 Å². The average Bonchev–Trinajstić information content (AvgIpc) is 2.87. The average molecular weight is 277 g/mol. The van der Waals surface area contributed by atoms with Gasteiger partial charge in [-0.25, -0.2) is 0 Å². The fraction of sp³-hybridized carbons (Fsp3) is 0.750. The third-order valence-corrected chi connectivity index (χ3v) is 4.90. The summed E-state index contributed by atoms with van der Waals surface area (Å²) >= 11 is 0. The molecule has 0 radical (unpaired) electrons. The van der Waals surface area contributed by atoms with Gasteiger partial charge in [-0.2, -0.15) is 0 Å². The van der Waals surface area contributed by atoms with Crippen LogP contribution in [0.4, 0.5) is 0 Å². The molecule has 3 rings (SSSR count). The zero-order chi connectivity index (χ0) is 13.9. The van der Waals surface area contributed by atoms with Crippen LogP contribution >= 0.6 is 0 Å². The highest BCUT2D eigenvalue weighted by molar-refractivity contribution is 5.12. The number of nitrogens with one attached hydrogen (secondary N) is 1. The topological polar surface area (TPSA) is 31.7 Å². The highest BCUT2D eigenvalue weighted by Gasteiger charge is 2.34. The Hall–Kier alpha value is -0.840. The number of likely N-dealkylation sites (tertiary alicyclic amines) is 2. The Balaban J connectivity index is 1.56. The van der Waals surface area contributed by atoms with Gasteiger partial charge in [0.2, 0.25) is 0 Å². The molecule has 1 aromatic rings. The molecule has 2 aliphatic rings. The molecular formula is C16H27N3O. The molecule has 2 atom stereocenters. The lowest BCUT2D eigenvalue weighted by Gasteiger charge is -2.45. The molecule has 0 spiro atoms. The highest BCUT2D eigenvalue weighted by atomic mass is 16.3. The van der Waals surface area contributed by atoms with Crippen molar-refractivity contribution in [2.24, 2.45) is 5.92 Å². The summed E-state index contributed by atoms with van der Waals surface area (Å²) in [4.78, 5) is 5.14. The molecule has 0 saturated carbocycles. The van der Waals surface area contributed by atoms with Crippen molar-refractivity contribution < 1.29 is 4.42 Å². The fourth-order valence-corrected chi connectivity index (χ4v) is 3.90. The maximum absolute atomic E-state index is 5.69. The molecule has 1 N–H and O–H groups in total. The van der Waals surface area contributed by atoms with Gasteiger partial charge in [-0.15, -0.1) is 0 Å². The van der Waals surface area contributed by atoms with Crippen LogP contribution in [0.2, 0.25) is 0 Å². The molecule has 0 aromatic carbocycles. The van der Waals surface area contributed by atoms with E-state index in [0.29, 0.717) is 0 Å². The molecule has 2 saturated heterocycles. The highest BCUT2D eigenvalue weighted by Crippen LogP contribution is 2.30. The maximum atomic E-state index is 5.69. The predicted octanol–water partition coefficient (Wildman–Crippen LogP) is 1.92. The maximum Gasteiger partial charge on any atom is 0.118 e. The largest absolute Gasteiger partial charge is 0.468 e. The van der Waals surface area contributed by atoms with Crippen molar-refractivity contribution in [1.82, 2.24) is 15.1 Å². The summed E-state index contributed by atoms with van der Waals surface area (Å²) in [6.45, 7) is 5.58. The Morgan fingerprint density at radius 3 is 3.10 bits per heavy atom. The van der Waals surface area contributed by atoms with Crippen molar-refractivity contribution >= 4 is 0 Å². The van der Waals surface area contributed by atoms with Crippen LogP contribution in [0.1, 0.15) is 30.6 Å². The van der Waals surface area contributed by atoms with Crippen LogP contribution in [0.15, 0.2) is 16.7 Å². The van der Waals surface area contributed by atoms with E-state index in [1.807, 2.05) is 13.3 Å². The SMILES string of the molecule is CNCc1coc(CN2CCC3C(CCCN3C)C2)c1. The van der Waals surface area contributed by atoms with E-state index in [4.69, 9.17) is 4.42 Å². The molecule has 2 fully saturated rings. The van der Waals surface area contributed by atoms with Crippen molar-refractivity contribution in [1.29, 1.82) is 0 Å². The molecule has 4 heteroatoms. The van der Waals surface area contributed by atoms with Crippen LogP contribution < -0.4 is 5.32 Å². The smallest absolute Gasteiger partial charge is 0.118 e. The molecule has 2 unspecified atom stereocenters. The Bertz CT molecular complexity index is 431. The van der Waals surface area contributed by atoms with Gasteiger partial charge in [0.15, 0.2) is 0 Å². The minimum atomic E-state index is 0.816. The predicted molar refractivity (Wildman–Crippen MR) is 80.5 cm³/mol. The minimum Gasteiger partial charge on any atom is -0.468 e. The number of fused-ring (bicyclic) bond motifs is 1. The zero-order valence-electron chi connectivity index (χ0n) is 12.8. The first-order valence-corrected chi connectivity index (χ1v) is 7.89. The van der Waals surface area contributed by atoms with Gasteiger partial charge in [-0.1, -0.05) is 0 Å². The molecule has 112 valence electrons. The van der Waals surface area contributed by atoms with Gasteiger partial charge in [-0.05, 0) is 51.9 Å². The van der Waals surface area contributed by atoms with Gasteiger partial charge < -0.3 is 14.6 Å². The molecule has 0 aliphatic carbocycles. The minimum absolute atomic E-state index is 0.816. The molecular weight excluding hydrogens is 250 g/mol. The second kappa shape index (κ2) is 6.29. The summed E-state index contributed by atoms with van der Waals surface area (Å²) in [5.74, 6) is 1.96. The Morgan fingerprint density at radius 2 is 2.25 bits per heavy atom. The third kappa shape index (κ3) is 3.08. The second-order valence-corrected chi connectivity index (χ2v) is 6.43. The normalized spacial score (nSPS) is 28.5. The van der Waals surface area contributed by atoms with Crippen molar-refractivity contribution in [3.05, 3.63) is 23.7 Å². The van der Waals surface area contributed by atoms with Crippen molar-refractivity contribution in [2.45, 2.75) is 38.4 Å². The summed E-state index contributed by atoms with van der Waals surface area (Å²) in [6, 6.07) is 3.01. The molecule has 20 heavy (non-hydrogen) atoms. The summed E-state index contributed by atoms with van der Waals surface area (Å²) in [5, 5.41) is 3.16. The van der Waals surface area contributed by atoms with E-state index in [0.717, 1.165) is 30.8 Å². The first-order chi connectivity index (χ1) is 9.76. The quantitative estimate of drug-likeness (QED) is 0.911. The first-order valence-electron chi connectivity index (χ1n) is 7.89. The van der Waals surface area contributed by atoms with Crippen molar-refractivity contribution in [2.75, 3.05) is 33.7 Å². The Labute approximate surface area is 122 Å². The van der Waals surface area contributed by atoms with Gasteiger partial charge in [0.05, 0.1) is 12.8 Å². The van der Waals surface area contributed by atoms with E-state index < -0.39 is 0 Å². The van der Waals surface area contributed by atoms with Gasteiger partial charge >= 0.3 is 0 Å². The van der Waals surface area contributed by atoms with E-state index in [1.165, 1.54) is 44.5 Å². The van der Waals surface area contributed by atoms with Crippen LogP contribution in [0.25, 0.3) is 0 Å². The Morgan fingerprint density at radius 1 is 1.35 bits per heavy atom. The summed E-state index contributed by atoms with van der Waals surface area (Å²) in [5.41, 5.74) is 1.25. The lowest BCUT2D eigenvalue weighted by molar-refractivity contribution is 0.0330. The Kier molecular flexibility index (Phi) is 4.44. The third-order valence-electron chi connectivity index (χ3n) is 4.90. The van der Waals surface area contributed by atoms with Gasteiger partial charge in [0, 0.05) is 31.2 Å². The van der Waals surface area contributed by atoms with Gasteiger partial charge in [-0.3, -0.25) is 4.90 Å². The van der Waals surface area contributed by atoms with Crippen LogP contribution in [0.3, 0.4) is 0 Å². The van der Waals surface area contributed by atoms with E-state index >= 15 is 0 Å². The van der Waals surface area contributed by atoms with Crippen molar-refractivity contribution in [3.63, 3.8) is 0 Å². The number of rotatable bonds is 4. The van der Waals surface area contributed by atoms with E-state index in [1.54, 1.807) is 0 Å². The zero-order valence-corrected chi connectivity index (χ0v) is 12.8.